The van der Waals surface area contributed by atoms with Gasteiger partial charge in [0.05, 0.1) is 13.1 Å². The molecule has 108 valence electrons. The van der Waals surface area contributed by atoms with E-state index in [0.717, 1.165) is 18.2 Å². The van der Waals surface area contributed by atoms with Crippen molar-refractivity contribution < 1.29 is 4.52 Å². The minimum absolute atomic E-state index is 0. The van der Waals surface area contributed by atoms with Crippen LogP contribution in [0.3, 0.4) is 0 Å². The maximum Gasteiger partial charge on any atom is 0.191 e. The number of aromatic nitrogens is 1. The van der Waals surface area contributed by atoms with Crippen molar-refractivity contribution in [2.24, 2.45) is 4.99 Å². The predicted molar refractivity (Wildman–Crippen MR) is 90.0 cm³/mol. The largest absolute Gasteiger partial charge is 0.364 e. The van der Waals surface area contributed by atoms with Gasteiger partial charge in [0, 0.05) is 12.6 Å². The molecule has 0 saturated carbocycles. The Labute approximate surface area is 135 Å². The van der Waals surface area contributed by atoms with E-state index >= 15 is 0 Å². The van der Waals surface area contributed by atoms with E-state index < -0.39 is 0 Å². The number of rotatable bonds is 5. The first-order chi connectivity index (χ1) is 9.38. The fraction of sp³-hybridized carbons (Fsp3) is 0.286. The monoisotopic (exact) mass is 386 g/mol. The molecule has 0 spiro atoms. The Kier molecular flexibility index (Phi) is 7.71. The van der Waals surface area contributed by atoms with Gasteiger partial charge >= 0.3 is 0 Å². The summed E-state index contributed by atoms with van der Waals surface area (Å²) in [4.78, 5) is 4.52. The molecule has 0 fully saturated rings. The number of hydrogen-bond donors (Lipinski definition) is 2. The zero-order valence-corrected chi connectivity index (χ0v) is 13.7. The van der Waals surface area contributed by atoms with Crippen molar-refractivity contribution in [1.29, 1.82) is 0 Å². The Morgan fingerprint density at radius 2 is 2.00 bits per heavy atom. The standard InChI is InChI=1S/C14H18N4O.HI/c1-2-15-14(17-11-13-8-9-19-18-13)16-10-12-6-4-3-5-7-12;/h3-9H,2,10-11H2,1H3,(H2,15,16,17);1H. The normalized spacial score (nSPS) is 10.8. The van der Waals surface area contributed by atoms with E-state index in [0.29, 0.717) is 13.1 Å². The fourth-order valence-electron chi connectivity index (χ4n) is 1.60. The van der Waals surface area contributed by atoms with Crippen molar-refractivity contribution in [2.75, 3.05) is 6.54 Å². The molecular weight excluding hydrogens is 367 g/mol. The van der Waals surface area contributed by atoms with E-state index in [-0.39, 0.29) is 24.0 Å². The number of nitrogens with zero attached hydrogens (tertiary/aromatic N) is 2. The third-order valence-corrected chi connectivity index (χ3v) is 2.53. The second-order valence-electron chi connectivity index (χ2n) is 4.03. The highest BCUT2D eigenvalue weighted by Gasteiger charge is 2.00. The topological polar surface area (TPSA) is 62.5 Å². The molecule has 2 N–H and O–H groups in total. The Bertz CT molecular complexity index is 499. The summed E-state index contributed by atoms with van der Waals surface area (Å²) in [5.41, 5.74) is 2.03. The van der Waals surface area contributed by atoms with Gasteiger partial charge in [0.15, 0.2) is 5.96 Å². The summed E-state index contributed by atoms with van der Waals surface area (Å²) in [5, 5.41) is 10.3. The molecule has 0 aliphatic rings. The molecule has 1 heterocycles. The summed E-state index contributed by atoms with van der Waals surface area (Å²) in [6.45, 7) is 4.10. The van der Waals surface area contributed by atoms with Crippen LogP contribution in [0, 0.1) is 0 Å². The number of halogens is 1. The van der Waals surface area contributed by atoms with Gasteiger partial charge in [-0.2, -0.15) is 0 Å². The van der Waals surface area contributed by atoms with Crippen molar-refractivity contribution in [3.8, 4) is 0 Å². The first-order valence-electron chi connectivity index (χ1n) is 6.34. The summed E-state index contributed by atoms with van der Waals surface area (Å²) in [6, 6.07) is 12.0. The molecule has 0 aliphatic carbocycles. The van der Waals surface area contributed by atoms with Crippen LogP contribution in [0.4, 0.5) is 0 Å². The van der Waals surface area contributed by atoms with Gasteiger partial charge in [-0.05, 0) is 12.5 Å². The maximum absolute atomic E-state index is 4.79. The SMILES string of the molecule is CCNC(=NCc1ccccc1)NCc1ccon1.I. The van der Waals surface area contributed by atoms with Gasteiger partial charge in [0.25, 0.3) is 0 Å². The molecule has 0 unspecified atom stereocenters. The summed E-state index contributed by atoms with van der Waals surface area (Å²) in [7, 11) is 0. The molecular formula is C14H19IN4O. The van der Waals surface area contributed by atoms with E-state index in [1.165, 1.54) is 5.56 Å². The molecule has 1 aromatic carbocycles. The number of guanidine groups is 1. The van der Waals surface area contributed by atoms with Crippen LogP contribution >= 0.6 is 24.0 Å². The molecule has 5 nitrogen and oxygen atoms in total. The van der Waals surface area contributed by atoms with Crippen molar-refractivity contribution >= 4 is 29.9 Å². The zero-order chi connectivity index (χ0) is 13.3. The van der Waals surface area contributed by atoms with E-state index in [1.54, 1.807) is 6.26 Å². The first kappa shape index (κ1) is 16.5. The van der Waals surface area contributed by atoms with Gasteiger partial charge in [0.1, 0.15) is 12.0 Å². The van der Waals surface area contributed by atoms with Crippen molar-refractivity contribution in [3.05, 3.63) is 53.9 Å². The van der Waals surface area contributed by atoms with Crippen LogP contribution in [0.2, 0.25) is 0 Å². The number of benzene rings is 1. The second kappa shape index (κ2) is 9.35. The van der Waals surface area contributed by atoms with Gasteiger partial charge in [-0.15, -0.1) is 24.0 Å². The number of nitrogens with one attached hydrogen (secondary N) is 2. The molecule has 1 aromatic heterocycles. The smallest absolute Gasteiger partial charge is 0.191 e. The minimum atomic E-state index is 0. The van der Waals surface area contributed by atoms with Crippen LogP contribution < -0.4 is 10.6 Å². The Morgan fingerprint density at radius 3 is 2.65 bits per heavy atom. The first-order valence-corrected chi connectivity index (χ1v) is 6.34. The molecule has 0 atom stereocenters. The summed E-state index contributed by atoms with van der Waals surface area (Å²) < 4.78 is 4.79. The molecule has 0 bridgehead atoms. The van der Waals surface area contributed by atoms with Crippen LogP contribution in [-0.4, -0.2) is 17.7 Å². The average Bonchev–Trinajstić information content (AvgIpc) is 2.96. The van der Waals surface area contributed by atoms with Gasteiger partial charge in [-0.25, -0.2) is 4.99 Å². The molecule has 20 heavy (non-hydrogen) atoms. The van der Waals surface area contributed by atoms with Gasteiger partial charge in [-0.3, -0.25) is 0 Å². The lowest BCUT2D eigenvalue weighted by Crippen LogP contribution is -2.36. The van der Waals surface area contributed by atoms with E-state index in [1.807, 2.05) is 31.2 Å². The molecule has 0 aliphatic heterocycles. The van der Waals surface area contributed by atoms with Crippen molar-refractivity contribution in [3.63, 3.8) is 0 Å². The van der Waals surface area contributed by atoms with Crippen LogP contribution in [0.15, 0.2) is 52.2 Å². The lowest BCUT2D eigenvalue weighted by molar-refractivity contribution is 0.410. The zero-order valence-electron chi connectivity index (χ0n) is 11.4. The Balaban J connectivity index is 0.00000200. The lowest BCUT2D eigenvalue weighted by Gasteiger charge is -2.09. The quantitative estimate of drug-likeness (QED) is 0.471. The van der Waals surface area contributed by atoms with Crippen LogP contribution in [0.25, 0.3) is 0 Å². The average molecular weight is 386 g/mol. The number of aliphatic imine (C=N–C) groups is 1. The van der Waals surface area contributed by atoms with Gasteiger partial charge in [0.2, 0.25) is 0 Å². The molecule has 2 aromatic rings. The van der Waals surface area contributed by atoms with Crippen LogP contribution in [0.1, 0.15) is 18.2 Å². The highest BCUT2D eigenvalue weighted by molar-refractivity contribution is 14.0. The third kappa shape index (κ3) is 5.60. The lowest BCUT2D eigenvalue weighted by atomic mass is 10.2. The second-order valence-corrected chi connectivity index (χ2v) is 4.03. The van der Waals surface area contributed by atoms with Crippen LogP contribution in [0.5, 0.6) is 0 Å². The highest BCUT2D eigenvalue weighted by Crippen LogP contribution is 2.00. The summed E-state index contributed by atoms with van der Waals surface area (Å²) in [6.07, 6.45) is 1.56. The van der Waals surface area contributed by atoms with Crippen molar-refractivity contribution in [2.45, 2.75) is 20.0 Å². The van der Waals surface area contributed by atoms with Gasteiger partial charge in [-0.1, -0.05) is 35.5 Å². The molecule has 0 saturated heterocycles. The highest BCUT2D eigenvalue weighted by atomic mass is 127. The molecule has 2 rings (SSSR count). The Morgan fingerprint density at radius 1 is 1.20 bits per heavy atom. The predicted octanol–water partition coefficient (Wildman–Crippen LogP) is 2.55. The molecule has 0 amide bonds. The van der Waals surface area contributed by atoms with Gasteiger partial charge < -0.3 is 15.2 Å². The van der Waals surface area contributed by atoms with E-state index in [2.05, 4.69) is 32.9 Å². The number of hydrogen-bond acceptors (Lipinski definition) is 3. The minimum Gasteiger partial charge on any atom is -0.364 e. The van der Waals surface area contributed by atoms with E-state index in [4.69, 9.17) is 4.52 Å². The third-order valence-electron chi connectivity index (χ3n) is 2.53. The van der Waals surface area contributed by atoms with Crippen molar-refractivity contribution in [1.82, 2.24) is 15.8 Å². The van der Waals surface area contributed by atoms with E-state index in [9.17, 15) is 0 Å². The van der Waals surface area contributed by atoms with Crippen LogP contribution in [-0.2, 0) is 13.1 Å². The maximum atomic E-state index is 4.79. The summed E-state index contributed by atoms with van der Waals surface area (Å²) >= 11 is 0. The summed E-state index contributed by atoms with van der Waals surface area (Å²) in [5.74, 6) is 0.773. The Hall–Kier alpha value is -1.57. The molecule has 6 heteroatoms. The fourth-order valence-corrected chi connectivity index (χ4v) is 1.60. The molecule has 0 radical (unpaired) electrons.